The monoisotopic (exact) mass is 344 g/mol. The summed E-state index contributed by atoms with van der Waals surface area (Å²) >= 11 is 1.47. The molecule has 0 spiro atoms. The molecule has 0 unspecified atom stereocenters. The lowest BCUT2D eigenvalue weighted by Gasteiger charge is -2.35. The number of likely N-dealkylation sites (tertiary alicyclic amines) is 1. The summed E-state index contributed by atoms with van der Waals surface area (Å²) in [5.74, 6) is 1.68. The van der Waals surface area contributed by atoms with Crippen LogP contribution in [-0.4, -0.2) is 34.2 Å². The van der Waals surface area contributed by atoms with Crippen LogP contribution in [0.25, 0.3) is 10.9 Å². The summed E-state index contributed by atoms with van der Waals surface area (Å²) in [7, 11) is 1.78. The first-order valence-electron chi connectivity index (χ1n) is 8.45. The van der Waals surface area contributed by atoms with Gasteiger partial charge in [0.15, 0.2) is 0 Å². The van der Waals surface area contributed by atoms with Crippen LogP contribution in [0.5, 0.6) is 0 Å². The molecule has 2 atom stereocenters. The standard InChI is InChI=1S/C19H24N2O2S/c1-13-8-14(2)11-21(10-13)19(23)12-24-17-9-18(22)20(3)16-7-5-4-6-15(16)17/h4-7,9,13-14H,8,10-12H2,1-3H3/t13-,14-/m0/s1. The quantitative estimate of drug-likeness (QED) is 0.804. The zero-order valence-electron chi connectivity index (χ0n) is 14.5. The molecule has 1 aromatic carbocycles. The minimum atomic E-state index is -0.0381. The Labute approximate surface area is 146 Å². The van der Waals surface area contributed by atoms with Gasteiger partial charge in [-0.05, 0) is 24.3 Å². The van der Waals surface area contributed by atoms with Crippen molar-refractivity contribution >= 4 is 28.6 Å². The van der Waals surface area contributed by atoms with Gasteiger partial charge in [-0.2, -0.15) is 0 Å². The largest absolute Gasteiger partial charge is 0.341 e. The molecule has 2 heterocycles. The van der Waals surface area contributed by atoms with Crippen molar-refractivity contribution in [2.24, 2.45) is 18.9 Å². The molecule has 0 saturated carbocycles. The van der Waals surface area contributed by atoms with Crippen molar-refractivity contribution < 1.29 is 4.79 Å². The van der Waals surface area contributed by atoms with Gasteiger partial charge in [0.05, 0.1) is 11.3 Å². The van der Waals surface area contributed by atoms with Crippen LogP contribution in [0.3, 0.4) is 0 Å². The molecule has 1 saturated heterocycles. The molecule has 4 nitrogen and oxygen atoms in total. The highest BCUT2D eigenvalue weighted by Crippen LogP contribution is 2.27. The third kappa shape index (κ3) is 3.51. The molecule has 3 rings (SSSR count). The number of carbonyl (C=O) groups is 1. The van der Waals surface area contributed by atoms with E-state index in [2.05, 4.69) is 13.8 Å². The first kappa shape index (κ1) is 17.1. The van der Waals surface area contributed by atoms with Crippen LogP contribution < -0.4 is 5.56 Å². The Hall–Kier alpha value is -1.75. The van der Waals surface area contributed by atoms with Gasteiger partial charge in [0.25, 0.3) is 5.56 Å². The van der Waals surface area contributed by atoms with Gasteiger partial charge in [0.1, 0.15) is 0 Å². The Bertz CT molecular complexity index is 805. The van der Waals surface area contributed by atoms with Crippen molar-refractivity contribution in [2.45, 2.75) is 25.2 Å². The molecule has 2 aromatic rings. The Morgan fingerprint density at radius 2 is 1.88 bits per heavy atom. The lowest BCUT2D eigenvalue weighted by Crippen LogP contribution is -2.43. The van der Waals surface area contributed by atoms with E-state index in [-0.39, 0.29) is 11.5 Å². The molecule has 1 aliphatic rings. The number of benzene rings is 1. The SMILES string of the molecule is C[C@H]1C[C@H](C)CN(C(=O)CSc2cc(=O)n(C)c3ccccc23)C1. The number of hydrogen-bond acceptors (Lipinski definition) is 3. The molecule has 1 aliphatic heterocycles. The summed E-state index contributed by atoms with van der Waals surface area (Å²) in [4.78, 5) is 27.6. The number of fused-ring (bicyclic) bond motifs is 1. The van der Waals surface area contributed by atoms with E-state index in [1.54, 1.807) is 17.7 Å². The summed E-state index contributed by atoms with van der Waals surface area (Å²) < 4.78 is 1.65. The summed E-state index contributed by atoms with van der Waals surface area (Å²) in [6, 6.07) is 9.48. The van der Waals surface area contributed by atoms with E-state index in [1.807, 2.05) is 29.2 Å². The molecule has 128 valence electrons. The van der Waals surface area contributed by atoms with Gasteiger partial charge in [0, 0.05) is 36.5 Å². The number of hydrogen-bond donors (Lipinski definition) is 0. The molecule has 24 heavy (non-hydrogen) atoms. The normalized spacial score (nSPS) is 21.2. The molecule has 0 N–H and O–H groups in total. The summed E-state index contributed by atoms with van der Waals surface area (Å²) in [5, 5.41) is 1.03. The van der Waals surface area contributed by atoms with Crippen molar-refractivity contribution in [3.8, 4) is 0 Å². The molecule has 0 aliphatic carbocycles. The smallest absolute Gasteiger partial charge is 0.251 e. The average molecular weight is 344 g/mol. The summed E-state index contributed by atoms with van der Waals surface area (Å²) in [6.07, 6.45) is 1.19. The predicted molar refractivity (Wildman–Crippen MR) is 99.4 cm³/mol. The second-order valence-electron chi connectivity index (χ2n) is 6.96. The maximum Gasteiger partial charge on any atom is 0.251 e. The minimum Gasteiger partial charge on any atom is -0.341 e. The van der Waals surface area contributed by atoms with Gasteiger partial charge >= 0.3 is 0 Å². The van der Waals surface area contributed by atoms with Gasteiger partial charge in [0.2, 0.25) is 5.91 Å². The van der Waals surface area contributed by atoms with E-state index in [1.165, 1.54) is 18.2 Å². The molecule has 0 bridgehead atoms. The van der Waals surface area contributed by atoms with E-state index < -0.39 is 0 Å². The topological polar surface area (TPSA) is 42.3 Å². The zero-order chi connectivity index (χ0) is 17.3. The highest BCUT2D eigenvalue weighted by atomic mass is 32.2. The van der Waals surface area contributed by atoms with Crippen molar-refractivity contribution in [1.82, 2.24) is 9.47 Å². The first-order valence-corrected chi connectivity index (χ1v) is 9.43. The number of aryl methyl sites for hydroxylation is 1. The third-order valence-electron chi connectivity index (χ3n) is 4.69. The molecule has 1 fully saturated rings. The average Bonchev–Trinajstić information content (AvgIpc) is 2.55. The third-order valence-corrected chi connectivity index (χ3v) is 5.73. The van der Waals surface area contributed by atoms with Crippen molar-refractivity contribution in [3.05, 3.63) is 40.7 Å². The van der Waals surface area contributed by atoms with Crippen LogP contribution in [0.2, 0.25) is 0 Å². The molecule has 1 aromatic heterocycles. The van der Waals surface area contributed by atoms with Crippen molar-refractivity contribution in [2.75, 3.05) is 18.8 Å². The fourth-order valence-electron chi connectivity index (χ4n) is 3.60. The van der Waals surface area contributed by atoms with Gasteiger partial charge in [-0.3, -0.25) is 9.59 Å². The van der Waals surface area contributed by atoms with E-state index in [4.69, 9.17) is 0 Å². The number of nitrogens with zero attached hydrogens (tertiary/aromatic N) is 2. The lowest BCUT2D eigenvalue weighted by atomic mass is 9.92. The highest BCUT2D eigenvalue weighted by molar-refractivity contribution is 8.00. The highest BCUT2D eigenvalue weighted by Gasteiger charge is 2.25. The Balaban J connectivity index is 1.77. The Kier molecular flexibility index (Phi) is 4.99. The van der Waals surface area contributed by atoms with E-state index in [9.17, 15) is 9.59 Å². The summed E-state index contributed by atoms with van der Waals surface area (Å²) in [5.41, 5.74) is 0.865. The number of aromatic nitrogens is 1. The van der Waals surface area contributed by atoms with Crippen LogP contribution in [0.4, 0.5) is 0 Å². The van der Waals surface area contributed by atoms with Crippen molar-refractivity contribution in [3.63, 3.8) is 0 Å². The maximum atomic E-state index is 12.6. The number of carbonyl (C=O) groups excluding carboxylic acids is 1. The number of amides is 1. The molecular weight excluding hydrogens is 320 g/mol. The van der Waals surface area contributed by atoms with Gasteiger partial charge in [-0.1, -0.05) is 32.0 Å². The van der Waals surface area contributed by atoms with Crippen LogP contribution in [-0.2, 0) is 11.8 Å². The van der Waals surface area contributed by atoms with Gasteiger partial charge in [-0.15, -0.1) is 11.8 Å². The minimum absolute atomic E-state index is 0.0381. The van der Waals surface area contributed by atoms with Crippen LogP contribution in [0.1, 0.15) is 20.3 Å². The summed E-state index contributed by atoms with van der Waals surface area (Å²) in [6.45, 7) is 6.11. The zero-order valence-corrected chi connectivity index (χ0v) is 15.3. The first-order chi connectivity index (χ1) is 11.5. The fraction of sp³-hybridized carbons (Fsp3) is 0.474. The van der Waals surface area contributed by atoms with E-state index in [0.29, 0.717) is 17.6 Å². The van der Waals surface area contributed by atoms with E-state index >= 15 is 0 Å². The maximum absolute atomic E-state index is 12.6. The number of para-hydroxylation sites is 1. The Morgan fingerprint density at radius 3 is 2.58 bits per heavy atom. The fourth-order valence-corrected chi connectivity index (χ4v) is 4.57. The number of thioether (sulfide) groups is 1. The number of piperidine rings is 1. The molecule has 5 heteroatoms. The van der Waals surface area contributed by atoms with Gasteiger partial charge < -0.3 is 9.47 Å². The number of pyridine rings is 1. The second kappa shape index (κ2) is 7.01. The predicted octanol–water partition coefficient (Wildman–Crippen LogP) is 3.14. The Morgan fingerprint density at radius 1 is 1.21 bits per heavy atom. The second-order valence-corrected chi connectivity index (χ2v) is 7.97. The lowest BCUT2D eigenvalue weighted by molar-refractivity contribution is -0.130. The van der Waals surface area contributed by atoms with Crippen molar-refractivity contribution in [1.29, 1.82) is 0 Å². The van der Waals surface area contributed by atoms with Gasteiger partial charge in [-0.25, -0.2) is 0 Å². The van der Waals surface area contributed by atoms with Crippen LogP contribution in [0, 0.1) is 11.8 Å². The van der Waals surface area contributed by atoms with Crippen LogP contribution in [0.15, 0.2) is 40.0 Å². The van der Waals surface area contributed by atoms with E-state index in [0.717, 1.165) is 28.9 Å². The van der Waals surface area contributed by atoms with Crippen LogP contribution >= 0.6 is 11.8 Å². The number of rotatable bonds is 3. The molecule has 1 amide bonds. The molecule has 0 radical (unpaired) electrons. The molecular formula is C19H24N2O2S.